The lowest BCUT2D eigenvalue weighted by molar-refractivity contribution is -0.116. The zero-order chi connectivity index (χ0) is 14.8. The van der Waals surface area contributed by atoms with Crippen LogP contribution in [0.4, 0.5) is 0 Å². The number of carbonyl (C=O) groups is 1. The van der Waals surface area contributed by atoms with Crippen LogP contribution in [-0.2, 0) is 4.79 Å². The fourth-order valence-electron chi connectivity index (χ4n) is 3.12. The van der Waals surface area contributed by atoms with Crippen LogP contribution in [0.15, 0.2) is 54.2 Å². The number of benzene rings is 2. The van der Waals surface area contributed by atoms with E-state index in [4.69, 9.17) is 0 Å². The number of allylic oxidation sites excluding steroid dienone is 1. The van der Waals surface area contributed by atoms with E-state index < -0.39 is 0 Å². The molecule has 1 unspecified atom stereocenters. The highest BCUT2D eigenvalue weighted by Gasteiger charge is 2.25. The van der Waals surface area contributed by atoms with Crippen LogP contribution in [-0.4, -0.2) is 24.8 Å². The van der Waals surface area contributed by atoms with Crippen molar-refractivity contribution in [2.45, 2.75) is 25.2 Å². The lowest BCUT2D eigenvalue weighted by Gasteiger charge is -2.24. The minimum Gasteiger partial charge on any atom is -0.383 e. The summed E-state index contributed by atoms with van der Waals surface area (Å²) >= 11 is 0. The second kappa shape index (κ2) is 5.72. The number of rotatable bonds is 2. The molecule has 0 amide bonds. The molecule has 21 heavy (non-hydrogen) atoms. The number of fused-ring (bicyclic) bond motifs is 1. The van der Waals surface area contributed by atoms with E-state index in [-0.39, 0.29) is 0 Å². The van der Waals surface area contributed by atoms with Crippen LogP contribution in [0.2, 0.25) is 0 Å². The maximum atomic E-state index is 12.3. The number of carbonyl (C=O) groups excluding carboxylic acids is 1. The molecule has 0 heterocycles. The van der Waals surface area contributed by atoms with Crippen molar-refractivity contribution in [3.63, 3.8) is 0 Å². The highest BCUT2D eigenvalue weighted by Crippen LogP contribution is 2.34. The fraction of sp³-hybridized carbons (Fsp3) is 0.316. The van der Waals surface area contributed by atoms with Gasteiger partial charge in [-0.2, -0.15) is 0 Å². The molecule has 0 aliphatic heterocycles. The smallest absolute Gasteiger partial charge is 0.160 e. The average molecular weight is 279 g/mol. The Labute approximate surface area is 126 Å². The van der Waals surface area contributed by atoms with Gasteiger partial charge < -0.3 is 4.90 Å². The molecule has 0 N–H and O–H groups in total. The molecule has 108 valence electrons. The number of ketones is 1. The first-order valence-corrected chi connectivity index (χ1v) is 7.52. The van der Waals surface area contributed by atoms with Crippen molar-refractivity contribution >= 4 is 16.6 Å². The van der Waals surface area contributed by atoms with Crippen molar-refractivity contribution in [1.29, 1.82) is 0 Å². The first-order valence-electron chi connectivity index (χ1n) is 7.52. The minimum atomic E-state index is 0.299. The summed E-state index contributed by atoms with van der Waals surface area (Å²) in [4.78, 5) is 14.2. The lowest BCUT2D eigenvalue weighted by atomic mass is 9.80. The summed E-state index contributed by atoms with van der Waals surface area (Å²) in [6.07, 6.45) is 4.55. The molecule has 1 aliphatic carbocycles. The Morgan fingerprint density at radius 2 is 1.86 bits per heavy atom. The second-order valence-electron chi connectivity index (χ2n) is 6.09. The first kappa shape index (κ1) is 13.9. The van der Waals surface area contributed by atoms with Crippen LogP contribution >= 0.6 is 0 Å². The van der Waals surface area contributed by atoms with Gasteiger partial charge in [-0.05, 0) is 35.1 Å². The monoisotopic (exact) mass is 279 g/mol. The predicted molar refractivity (Wildman–Crippen MR) is 87.3 cm³/mol. The van der Waals surface area contributed by atoms with E-state index in [1.165, 1.54) is 16.3 Å². The summed E-state index contributed by atoms with van der Waals surface area (Å²) in [6, 6.07) is 15.0. The average Bonchev–Trinajstić information content (AvgIpc) is 2.48. The van der Waals surface area contributed by atoms with Gasteiger partial charge in [-0.15, -0.1) is 0 Å². The van der Waals surface area contributed by atoms with Crippen LogP contribution in [0.1, 0.15) is 30.7 Å². The van der Waals surface area contributed by atoms with Crippen LogP contribution < -0.4 is 0 Å². The Balaban J connectivity index is 1.83. The summed E-state index contributed by atoms with van der Waals surface area (Å²) in [5, 5.41) is 2.52. The van der Waals surface area contributed by atoms with Gasteiger partial charge in [0.1, 0.15) is 0 Å². The van der Waals surface area contributed by atoms with Gasteiger partial charge in [0.15, 0.2) is 5.78 Å². The van der Waals surface area contributed by atoms with Crippen molar-refractivity contribution in [1.82, 2.24) is 4.90 Å². The Kier molecular flexibility index (Phi) is 3.78. The SMILES string of the molecule is CN(C)/C=C1\CCC(c2ccc3ccccc3c2)CC1=O. The van der Waals surface area contributed by atoms with Crippen molar-refractivity contribution < 1.29 is 4.79 Å². The maximum Gasteiger partial charge on any atom is 0.160 e. The zero-order valence-electron chi connectivity index (χ0n) is 12.7. The lowest BCUT2D eigenvalue weighted by Crippen LogP contribution is -2.18. The van der Waals surface area contributed by atoms with E-state index in [1.54, 1.807) is 0 Å². The molecule has 2 heteroatoms. The molecule has 1 saturated carbocycles. The van der Waals surface area contributed by atoms with E-state index in [1.807, 2.05) is 25.2 Å². The van der Waals surface area contributed by atoms with Crippen LogP contribution in [0.5, 0.6) is 0 Å². The normalized spacial score (nSPS) is 21.0. The number of hydrogen-bond acceptors (Lipinski definition) is 2. The Hall–Kier alpha value is -2.09. The molecular weight excluding hydrogens is 258 g/mol. The first-order chi connectivity index (χ1) is 10.1. The van der Waals surface area contributed by atoms with Crippen LogP contribution in [0.3, 0.4) is 0 Å². The molecule has 1 aliphatic rings. The quantitative estimate of drug-likeness (QED) is 0.771. The molecule has 0 saturated heterocycles. The molecule has 0 spiro atoms. The number of hydrogen-bond donors (Lipinski definition) is 0. The number of nitrogens with zero attached hydrogens (tertiary/aromatic N) is 1. The Morgan fingerprint density at radius 1 is 1.10 bits per heavy atom. The third-order valence-corrected chi connectivity index (χ3v) is 4.21. The molecule has 1 fully saturated rings. The third-order valence-electron chi connectivity index (χ3n) is 4.21. The molecule has 2 nitrogen and oxygen atoms in total. The topological polar surface area (TPSA) is 20.3 Å². The summed E-state index contributed by atoms with van der Waals surface area (Å²) in [7, 11) is 3.94. The van der Waals surface area contributed by atoms with Crippen molar-refractivity contribution in [2.75, 3.05) is 14.1 Å². The van der Waals surface area contributed by atoms with Crippen LogP contribution in [0.25, 0.3) is 10.8 Å². The van der Waals surface area contributed by atoms with Crippen LogP contribution in [0, 0.1) is 0 Å². The van der Waals surface area contributed by atoms with E-state index in [0.717, 1.165) is 18.4 Å². The van der Waals surface area contributed by atoms with Crippen molar-refractivity contribution in [3.05, 3.63) is 59.8 Å². The molecule has 3 rings (SSSR count). The van der Waals surface area contributed by atoms with E-state index in [9.17, 15) is 4.79 Å². The highest BCUT2D eigenvalue weighted by atomic mass is 16.1. The molecular formula is C19H21NO. The van der Waals surface area contributed by atoms with Crippen molar-refractivity contribution in [2.24, 2.45) is 0 Å². The predicted octanol–water partition coefficient (Wildman–Crippen LogP) is 4.12. The summed E-state index contributed by atoms with van der Waals surface area (Å²) < 4.78 is 0. The molecule has 2 aromatic carbocycles. The largest absolute Gasteiger partial charge is 0.383 e. The van der Waals surface area contributed by atoms with Gasteiger partial charge in [-0.25, -0.2) is 0 Å². The number of Topliss-reactive ketones (excluding diaryl/α,β-unsaturated/α-hetero) is 1. The fourth-order valence-corrected chi connectivity index (χ4v) is 3.12. The van der Waals surface area contributed by atoms with Gasteiger partial charge in [0.05, 0.1) is 0 Å². The van der Waals surface area contributed by atoms with Gasteiger partial charge in [-0.3, -0.25) is 4.79 Å². The Bertz CT molecular complexity index is 700. The Morgan fingerprint density at radius 3 is 2.57 bits per heavy atom. The van der Waals surface area contributed by atoms with E-state index >= 15 is 0 Å². The zero-order valence-corrected chi connectivity index (χ0v) is 12.7. The van der Waals surface area contributed by atoms with Gasteiger partial charge in [0, 0.05) is 32.3 Å². The van der Waals surface area contributed by atoms with Gasteiger partial charge in [-0.1, -0.05) is 42.5 Å². The summed E-state index contributed by atoms with van der Waals surface area (Å²) in [5.74, 6) is 0.662. The molecule has 2 aromatic rings. The highest BCUT2D eigenvalue weighted by molar-refractivity contribution is 5.96. The third kappa shape index (κ3) is 2.99. The molecule has 0 aromatic heterocycles. The maximum absolute atomic E-state index is 12.3. The molecule has 0 radical (unpaired) electrons. The molecule has 0 bridgehead atoms. The van der Waals surface area contributed by atoms with Crippen molar-refractivity contribution in [3.8, 4) is 0 Å². The minimum absolute atomic E-state index is 0.299. The van der Waals surface area contributed by atoms with Gasteiger partial charge >= 0.3 is 0 Å². The van der Waals surface area contributed by atoms with E-state index in [2.05, 4.69) is 42.5 Å². The summed E-state index contributed by atoms with van der Waals surface area (Å²) in [5.41, 5.74) is 2.27. The standard InChI is InChI=1S/C19H21NO/c1-20(2)13-18-10-9-17(12-19(18)21)16-8-7-14-5-3-4-6-15(14)11-16/h3-8,11,13,17H,9-10,12H2,1-2H3/b18-13+. The van der Waals surface area contributed by atoms with E-state index in [0.29, 0.717) is 18.1 Å². The summed E-state index contributed by atoms with van der Waals surface area (Å²) in [6.45, 7) is 0. The second-order valence-corrected chi connectivity index (χ2v) is 6.09. The molecule has 1 atom stereocenters. The van der Waals surface area contributed by atoms with Gasteiger partial charge in [0.25, 0.3) is 0 Å². The van der Waals surface area contributed by atoms with Gasteiger partial charge in [0.2, 0.25) is 0 Å².